The minimum Gasteiger partial charge on any atom is -0.457 e. The molecule has 0 spiro atoms. The number of hydrogen-bond acceptors (Lipinski definition) is 5. The number of hydrogen-bond donors (Lipinski definition) is 1. The third-order valence-electron chi connectivity index (χ3n) is 5.50. The number of carbonyl (C=O) groups is 1. The smallest absolute Gasteiger partial charge is 0.436 e. The molecule has 15 heteroatoms. The van der Waals surface area contributed by atoms with Crippen molar-refractivity contribution in [1.82, 2.24) is 9.78 Å². The number of rotatable bonds is 8. The number of nitro groups is 1. The number of ether oxygens (including phenoxy) is 1. The molecule has 1 N–H and O–H groups in total. The van der Waals surface area contributed by atoms with E-state index in [0.29, 0.717) is 24.6 Å². The van der Waals surface area contributed by atoms with Crippen LogP contribution in [0.2, 0.25) is 0 Å². The van der Waals surface area contributed by atoms with Crippen LogP contribution >= 0.6 is 15.9 Å². The number of amides is 1. The van der Waals surface area contributed by atoms with E-state index in [1.54, 1.807) is 0 Å². The van der Waals surface area contributed by atoms with E-state index in [1.807, 2.05) is 0 Å². The summed E-state index contributed by atoms with van der Waals surface area (Å²) in [7, 11) is 0. The summed E-state index contributed by atoms with van der Waals surface area (Å²) in [6.45, 7) is -0.186. The standard InChI is InChI=1S/C23H17BrF6N4O4/c24-19-20(12-4-5-12)33(32-21(19)23(28,29)30)7-6-18(35)31-14-9-15(34(36)37)11-17(10-14)38-16-3-1-2-13(8-16)22(25,26)27/h1-3,8-12H,4-7H2,(H,31,35). The molecule has 1 aliphatic rings. The zero-order valence-corrected chi connectivity index (χ0v) is 20.7. The highest BCUT2D eigenvalue weighted by Gasteiger charge is 2.41. The van der Waals surface area contributed by atoms with Crippen LogP contribution in [0, 0.1) is 10.1 Å². The fourth-order valence-corrected chi connectivity index (χ4v) is 4.51. The molecular formula is C23H17BrF6N4O4. The zero-order chi connectivity index (χ0) is 27.8. The van der Waals surface area contributed by atoms with Gasteiger partial charge < -0.3 is 10.1 Å². The Hall–Kier alpha value is -3.62. The third kappa shape index (κ3) is 6.44. The van der Waals surface area contributed by atoms with E-state index in [9.17, 15) is 41.3 Å². The molecule has 1 amide bonds. The Bertz CT molecular complexity index is 1390. The highest BCUT2D eigenvalue weighted by Crippen LogP contribution is 2.47. The molecule has 0 bridgehead atoms. The average molecular weight is 607 g/mol. The first kappa shape index (κ1) is 27.4. The lowest BCUT2D eigenvalue weighted by Crippen LogP contribution is -2.16. The van der Waals surface area contributed by atoms with Crippen LogP contribution in [0.15, 0.2) is 46.9 Å². The van der Waals surface area contributed by atoms with Crippen molar-refractivity contribution in [2.75, 3.05) is 5.32 Å². The van der Waals surface area contributed by atoms with E-state index in [1.165, 1.54) is 12.1 Å². The van der Waals surface area contributed by atoms with Gasteiger partial charge in [0.05, 0.1) is 39.0 Å². The minimum atomic E-state index is -4.69. The summed E-state index contributed by atoms with van der Waals surface area (Å²) < 4.78 is 85.1. The van der Waals surface area contributed by atoms with Crippen LogP contribution in [0.1, 0.15) is 42.1 Å². The van der Waals surface area contributed by atoms with Crippen molar-refractivity contribution < 1.29 is 40.8 Å². The molecular weight excluding hydrogens is 590 g/mol. The molecule has 2 aromatic carbocycles. The molecule has 202 valence electrons. The first-order valence-electron chi connectivity index (χ1n) is 11.0. The van der Waals surface area contributed by atoms with Crippen molar-refractivity contribution >= 4 is 33.2 Å². The molecule has 38 heavy (non-hydrogen) atoms. The van der Waals surface area contributed by atoms with Gasteiger partial charge in [0, 0.05) is 24.5 Å². The SMILES string of the molecule is O=C(CCn1nc(C(F)(F)F)c(Br)c1C1CC1)Nc1cc(Oc2cccc(C(F)(F)F)c2)cc([N+](=O)[O-])c1. The summed E-state index contributed by atoms with van der Waals surface area (Å²) in [5.41, 5.74) is -2.33. The molecule has 1 fully saturated rings. The summed E-state index contributed by atoms with van der Waals surface area (Å²) in [6, 6.07) is 7.03. The highest BCUT2D eigenvalue weighted by atomic mass is 79.9. The number of benzene rings is 2. The second-order valence-electron chi connectivity index (χ2n) is 8.44. The molecule has 1 aliphatic carbocycles. The van der Waals surface area contributed by atoms with Crippen LogP contribution in [-0.4, -0.2) is 20.6 Å². The normalized spacial score (nSPS) is 13.9. The Morgan fingerprint density at radius 3 is 2.42 bits per heavy atom. The van der Waals surface area contributed by atoms with Gasteiger partial charge >= 0.3 is 12.4 Å². The third-order valence-corrected chi connectivity index (χ3v) is 6.28. The Balaban J connectivity index is 1.50. The first-order chi connectivity index (χ1) is 17.7. The molecule has 1 saturated carbocycles. The van der Waals surface area contributed by atoms with Crippen molar-refractivity contribution in [2.45, 2.75) is 44.1 Å². The van der Waals surface area contributed by atoms with Crippen molar-refractivity contribution in [3.8, 4) is 11.5 Å². The maximum absolute atomic E-state index is 13.3. The maximum atomic E-state index is 13.3. The van der Waals surface area contributed by atoms with Crippen molar-refractivity contribution in [1.29, 1.82) is 0 Å². The quantitative estimate of drug-likeness (QED) is 0.165. The van der Waals surface area contributed by atoms with E-state index in [4.69, 9.17) is 4.74 Å². The van der Waals surface area contributed by atoms with Crippen LogP contribution in [0.25, 0.3) is 0 Å². The van der Waals surface area contributed by atoms with Gasteiger partial charge in [0.25, 0.3) is 5.69 Å². The summed E-state index contributed by atoms with van der Waals surface area (Å²) in [6.07, 6.45) is -8.25. The van der Waals surface area contributed by atoms with Gasteiger partial charge in [0.15, 0.2) is 5.69 Å². The zero-order valence-electron chi connectivity index (χ0n) is 19.1. The predicted octanol–water partition coefficient (Wildman–Crippen LogP) is 7.29. The Morgan fingerprint density at radius 1 is 1.11 bits per heavy atom. The molecule has 0 unspecified atom stereocenters. The molecule has 8 nitrogen and oxygen atoms in total. The van der Waals surface area contributed by atoms with Crippen LogP contribution in [0.3, 0.4) is 0 Å². The van der Waals surface area contributed by atoms with E-state index in [-0.39, 0.29) is 40.5 Å². The van der Waals surface area contributed by atoms with Crippen LogP contribution < -0.4 is 10.1 Å². The van der Waals surface area contributed by atoms with Gasteiger partial charge in [-0.25, -0.2) is 0 Å². The summed E-state index contributed by atoms with van der Waals surface area (Å²) in [5.74, 6) is -1.24. The highest BCUT2D eigenvalue weighted by molar-refractivity contribution is 9.10. The van der Waals surface area contributed by atoms with Gasteiger partial charge in [-0.05, 0) is 47.0 Å². The fourth-order valence-electron chi connectivity index (χ4n) is 3.67. The van der Waals surface area contributed by atoms with E-state index >= 15 is 0 Å². The number of nitrogens with one attached hydrogen (secondary N) is 1. The van der Waals surface area contributed by atoms with Gasteiger partial charge in [-0.15, -0.1) is 0 Å². The second-order valence-corrected chi connectivity index (χ2v) is 9.23. The Labute approximate surface area is 218 Å². The van der Waals surface area contributed by atoms with Crippen molar-refractivity contribution in [2.24, 2.45) is 0 Å². The molecule has 4 rings (SSSR count). The lowest BCUT2D eigenvalue weighted by molar-refractivity contribution is -0.384. The van der Waals surface area contributed by atoms with E-state index < -0.39 is 40.1 Å². The number of carbonyl (C=O) groups excluding carboxylic acids is 1. The molecule has 3 aromatic rings. The number of anilines is 1. The van der Waals surface area contributed by atoms with Crippen LogP contribution in [0.5, 0.6) is 11.5 Å². The summed E-state index contributed by atoms with van der Waals surface area (Å²) in [5, 5.41) is 17.4. The largest absolute Gasteiger partial charge is 0.457 e. The van der Waals surface area contributed by atoms with E-state index in [2.05, 4.69) is 26.3 Å². The predicted molar refractivity (Wildman–Crippen MR) is 125 cm³/mol. The fraction of sp³-hybridized carbons (Fsp3) is 0.304. The lowest BCUT2D eigenvalue weighted by atomic mass is 10.2. The first-order valence-corrected chi connectivity index (χ1v) is 11.8. The molecule has 0 radical (unpaired) electrons. The molecule has 0 aliphatic heterocycles. The summed E-state index contributed by atoms with van der Waals surface area (Å²) >= 11 is 2.97. The van der Waals surface area contributed by atoms with Gasteiger partial charge in [-0.3, -0.25) is 19.6 Å². The maximum Gasteiger partial charge on any atom is 0.436 e. The van der Waals surface area contributed by atoms with Gasteiger partial charge in [-0.2, -0.15) is 31.4 Å². The number of aromatic nitrogens is 2. The Morgan fingerprint density at radius 2 is 1.82 bits per heavy atom. The number of nitrogens with zero attached hydrogens (tertiary/aromatic N) is 3. The summed E-state index contributed by atoms with van der Waals surface area (Å²) in [4.78, 5) is 23.1. The second kappa shape index (κ2) is 10.3. The van der Waals surface area contributed by atoms with E-state index in [0.717, 1.165) is 28.9 Å². The Kier molecular flexibility index (Phi) is 7.41. The number of alkyl halides is 6. The minimum absolute atomic E-state index is 0.0915. The van der Waals surface area contributed by atoms with Crippen molar-refractivity contribution in [3.05, 3.63) is 74.0 Å². The number of non-ortho nitro benzene ring substituents is 1. The number of halogens is 7. The van der Waals surface area contributed by atoms with Crippen LogP contribution in [0.4, 0.5) is 37.7 Å². The number of nitro benzene ring substituents is 1. The number of aryl methyl sites for hydroxylation is 1. The molecule has 1 aromatic heterocycles. The van der Waals surface area contributed by atoms with Gasteiger partial charge in [-0.1, -0.05) is 6.07 Å². The van der Waals surface area contributed by atoms with Gasteiger partial charge in [0.2, 0.25) is 5.91 Å². The monoisotopic (exact) mass is 606 g/mol. The topological polar surface area (TPSA) is 99.3 Å². The van der Waals surface area contributed by atoms with Crippen molar-refractivity contribution in [3.63, 3.8) is 0 Å². The molecule has 1 heterocycles. The average Bonchev–Trinajstić information content (AvgIpc) is 3.58. The molecule has 0 atom stereocenters. The molecule has 0 saturated heterocycles. The van der Waals surface area contributed by atoms with Gasteiger partial charge in [0.1, 0.15) is 11.5 Å². The lowest BCUT2D eigenvalue weighted by Gasteiger charge is -2.12. The van der Waals surface area contributed by atoms with Crippen LogP contribution in [-0.2, 0) is 23.7 Å².